The van der Waals surface area contributed by atoms with Crippen molar-refractivity contribution in [1.29, 1.82) is 0 Å². The van der Waals surface area contributed by atoms with Crippen LogP contribution in [-0.2, 0) is 9.53 Å². The minimum atomic E-state index is -0.129. The standard InChI is InChI=1S/C9H18N2O2/c1-11-8-4-6(9(12)13-2)3-7(10)5-8/h6-8,11H,3-5,10H2,1-2H3/t6-,7+,8-/m0/s1. The fourth-order valence-electron chi connectivity index (χ4n) is 1.96. The van der Waals surface area contributed by atoms with Crippen molar-refractivity contribution >= 4 is 5.97 Å². The normalized spacial score (nSPS) is 34.2. The number of nitrogens with one attached hydrogen (secondary N) is 1. The SMILES string of the molecule is CN[C@@H]1C[C@H](N)C[C@H](C(=O)OC)C1. The highest BCUT2D eigenvalue weighted by molar-refractivity contribution is 5.72. The minimum absolute atomic E-state index is 0.0220. The number of hydrogen-bond acceptors (Lipinski definition) is 4. The lowest BCUT2D eigenvalue weighted by atomic mass is 9.83. The third kappa shape index (κ3) is 2.67. The van der Waals surface area contributed by atoms with Gasteiger partial charge >= 0.3 is 5.97 Å². The largest absolute Gasteiger partial charge is 0.469 e. The summed E-state index contributed by atoms with van der Waals surface area (Å²) in [7, 11) is 3.33. The fraction of sp³-hybridized carbons (Fsp3) is 0.889. The fourth-order valence-corrected chi connectivity index (χ4v) is 1.96. The van der Waals surface area contributed by atoms with E-state index in [1.165, 1.54) is 7.11 Å². The van der Waals surface area contributed by atoms with Crippen molar-refractivity contribution in [3.63, 3.8) is 0 Å². The molecule has 4 nitrogen and oxygen atoms in total. The van der Waals surface area contributed by atoms with Crippen molar-refractivity contribution in [1.82, 2.24) is 5.32 Å². The van der Waals surface area contributed by atoms with E-state index in [2.05, 4.69) is 5.32 Å². The predicted molar refractivity (Wildman–Crippen MR) is 50.2 cm³/mol. The number of carbonyl (C=O) groups is 1. The summed E-state index contributed by atoms with van der Waals surface area (Å²) in [5, 5.41) is 3.16. The Hall–Kier alpha value is -0.610. The van der Waals surface area contributed by atoms with E-state index in [4.69, 9.17) is 10.5 Å². The first-order chi connectivity index (χ1) is 6.17. The van der Waals surface area contributed by atoms with Gasteiger partial charge in [0.1, 0.15) is 0 Å². The zero-order valence-corrected chi connectivity index (χ0v) is 8.25. The van der Waals surface area contributed by atoms with Gasteiger partial charge in [-0.2, -0.15) is 0 Å². The smallest absolute Gasteiger partial charge is 0.308 e. The zero-order chi connectivity index (χ0) is 9.84. The van der Waals surface area contributed by atoms with Crippen LogP contribution < -0.4 is 11.1 Å². The zero-order valence-electron chi connectivity index (χ0n) is 8.25. The van der Waals surface area contributed by atoms with Crippen LogP contribution in [0.3, 0.4) is 0 Å². The Balaban J connectivity index is 2.51. The molecule has 1 aliphatic rings. The second-order valence-electron chi connectivity index (χ2n) is 3.67. The third-order valence-electron chi connectivity index (χ3n) is 2.69. The number of carbonyl (C=O) groups excluding carboxylic acids is 1. The van der Waals surface area contributed by atoms with Crippen LogP contribution in [0.5, 0.6) is 0 Å². The number of hydrogen-bond donors (Lipinski definition) is 2. The molecule has 0 bridgehead atoms. The van der Waals surface area contributed by atoms with E-state index in [0.29, 0.717) is 6.04 Å². The van der Waals surface area contributed by atoms with Crippen LogP contribution in [-0.4, -0.2) is 32.2 Å². The number of esters is 1. The first-order valence-corrected chi connectivity index (χ1v) is 4.68. The van der Waals surface area contributed by atoms with E-state index in [0.717, 1.165) is 19.3 Å². The Bertz CT molecular complexity index is 184. The molecular formula is C9H18N2O2. The molecule has 0 saturated heterocycles. The van der Waals surface area contributed by atoms with Gasteiger partial charge in [-0.3, -0.25) is 4.79 Å². The van der Waals surface area contributed by atoms with Gasteiger partial charge in [-0.25, -0.2) is 0 Å². The Morgan fingerprint density at radius 1 is 1.46 bits per heavy atom. The summed E-state index contributed by atoms with van der Waals surface area (Å²) in [6.07, 6.45) is 2.55. The quantitative estimate of drug-likeness (QED) is 0.590. The van der Waals surface area contributed by atoms with Gasteiger partial charge in [0, 0.05) is 12.1 Å². The molecule has 0 aromatic rings. The summed E-state index contributed by atoms with van der Waals surface area (Å²) in [5.74, 6) is -0.151. The van der Waals surface area contributed by atoms with E-state index < -0.39 is 0 Å². The summed E-state index contributed by atoms with van der Waals surface area (Å²) < 4.78 is 4.71. The van der Waals surface area contributed by atoms with E-state index >= 15 is 0 Å². The van der Waals surface area contributed by atoms with Crippen LogP contribution in [0, 0.1) is 5.92 Å². The molecular weight excluding hydrogens is 168 g/mol. The molecule has 0 aromatic carbocycles. The lowest BCUT2D eigenvalue weighted by molar-refractivity contribution is -0.147. The van der Waals surface area contributed by atoms with Gasteiger partial charge < -0.3 is 15.8 Å². The highest BCUT2D eigenvalue weighted by Gasteiger charge is 2.30. The molecule has 0 aromatic heterocycles. The van der Waals surface area contributed by atoms with Gasteiger partial charge in [-0.05, 0) is 26.3 Å². The first-order valence-electron chi connectivity index (χ1n) is 4.68. The summed E-state index contributed by atoms with van der Waals surface area (Å²) in [5.41, 5.74) is 5.84. The van der Waals surface area contributed by atoms with Crippen LogP contribution in [0.4, 0.5) is 0 Å². The van der Waals surface area contributed by atoms with Crippen molar-refractivity contribution in [3.8, 4) is 0 Å². The van der Waals surface area contributed by atoms with Crippen molar-refractivity contribution in [2.45, 2.75) is 31.3 Å². The van der Waals surface area contributed by atoms with Gasteiger partial charge in [0.25, 0.3) is 0 Å². The Morgan fingerprint density at radius 3 is 2.69 bits per heavy atom. The summed E-state index contributed by atoms with van der Waals surface area (Å²) in [4.78, 5) is 11.3. The highest BCUT2D eigenvalue weighted by Crippen LogP contribution is 2.24. The summed E-state index contributed by atoms with van der Waals surface area (Å²) >= 11 is 0. The van der Waals surface area contributed by atoms with Gasteiger partial charge in [0.2, 0.25) is 0 Å². The average Bonchev–Trinajstić information content (AvgIpc) is 2.15. The van der Waals surface area contributed by atoms with Gasteiger partial charge in [0.15, 0.2) is 0 Å². The molecule has 0 heterocycles. The topological polar surface area (TPSA) is 64.3 Å². The molecule has 3 atom stereocenters. The number of ether oxygens (including phenoxy) is 1. The first kappa shape index (κ1) is 10.5. The van der Waals surface area contributed by atoms with Crippen LogP contribution in [0.1, 0.15) is 19.3 Å². The Kier molecular flexibility index (Phi) is 3.69. The predicted octanol–water partition coefficient (Wildman–Crippen LogP) is -0.125. The Morgan fingerprint density at radius 2 is 2.15 bits per heavy atom. The monoisotopic (exact) mass is 186 g/mol. The van der Waals surface area contributed by atoms with Gasteiger partial charge in [-0.15, -0.1) is 0 Å². The minimum Gasteiger partial charge on any atom is -0.469 e. The maximum atomic E-state index is 11.3. The van der Waals surface area contributed by atoms with E-state index in [1.807, 2.05) is 7.05 Å². The summed E-state index contributed by atoms with van der Waals surface area (Å²) in [6.45, 7) is 0. The number of nitrogens with two attached hydrogens (primary N) is 1. The average molecular weight is 186 g/mol. The number of rotatable bonds is 2. The molecule has 0 radical (unpaired) electrons. The molecule has 1 rings (SSSR count). The molecule has 0 unspecified atom stereocenters. The maximum Gasteiger partial charge on any atom is 0.308 e. The molecule has 3 N–H and O–H groups in total. The second-order valence-corrected chi connectivity index (χ2v) is 3.67. The molecule has 1 aliphatic carbocycles. The molecule has 0 aliphatic heterocycles. The number of methoxy groups -OCH3 is 1. The van der Waals surface area contributed by atoms with Crippen molar-refractivity contribution in [2.75, 3.05) is 14.2 Å². The van der Waals surface area contributed by atoms with E-state index in [-0.39, 0.29) is 17.9 Å². The molecule has 4 heteroatoms. The molecule has 13 heavy (non-hydrogen) atoms. The van der Waals surface area contributed by atoms with Crippen molar-refractivity contribution in [3.05, 3.63) is 0 Å². The third-order valence-corrected chi connectivity index (χ3v) is 2.69. The molecule has 0 spiro atoms. The van der Waals surface area contributed by atoms with Crippen LogP contribution >= 0.6 is 0 Å². The lowest BCUT2D eigenvalue weighted by Crippen LogP contribution is -2.43. The Labute approximate surface area is 78.8 Å². The lowest BCUT2D eigenvalue weighted by Gasteiger charge is -2.31. The second kappa shape index (κ2) is 4.58. The van der Waals surface area contributed by atoms with Crippen LogP contribution in [0.2, 0.25) is 0 Å². The van der Waals surface area contributed by atoms with E-state index in [9.17, 15) is 4.79 Å². The van der Waals surface area contributed by atoms with E-state index in [1.54, 1.807) is 0 Å². The molecule has 0 amide bonds. The summed E-state index contributed by atoms with van der Waals surface area (Å²) in [6, 6.07) is 0.475. The van der Waals surface area contributed by atoms with Crippen LogP contribution in [0.25, 0.3) is 0 Å². The van der Waals surface area contributed by atoms with Gasteiger partial charge in [-0.1, -0.05) is 0 Å². The molecule has 76 valence electrons. The molecule has 1 saturated carbocycles. The van der Waals surface area contributed by atoms with Crippen molar-refractivity contribution < 1.29 is 9.53 Å². The maximum absolute atomic E-state index is 11.3. The van der Waals surface area contributed by atoms with Gasteiger partial charge in [0.05, 0.1) is 13.0 Å². The van der Waals surface area contributed by atoms with Crippen LogP contribution in [0.15, 0.2) is 0 Å². The molecule has 1 fully saturated rings. The highest BCUT2D eigenvalue weighted by atomic mass is 16.5. The van der Waals surface area contributed by atoms with Crippen molar-refractivity contribution in [2.24, 2.45) is 11.7 Å².